The van der Waals surface area contributed by atoms with E-state index in [2.05, 4.69) is 5.32 Å². The van der Waals surface area contributed by atoms with Crippen LogP contribution in [-0.2, 0) is 4.79 Å². The van der Waals surface area contributed by atoms with Gasteiger partial charge < -0.3 is 5.32 Å². The second-order valence-electron chi connectivity index (χ2n) is 2.74. The molecule has 2 nitrogen and oxygen atoms in total. The Balaban J connectivity index is 2.16. The van der Waals surface area contributed by atoms with Crippen LogP contribution in [0.5, 0.6) is 0 Å². The fourth-order valence-electron chi connectivity index (χ4n) is 1.52. The first-order valence-corrected chi connectivity index (χ1v) is 3.16. The molecule has 2 rings (SSSR count). The summed E-state index contributed by atoms with van der Waals surface area (Å²) < 4.78 is 0. The predicted octanol–water partition coefficient (Wildman–Crippen LogP) is 0.429. The highest BCUT2D eigenvalue weighted by Crippen LogP contribution is 2.37. The Morgan fingerprint density at radius 2 is 1.88 bits per heavy atom. The summed E-state index contributed by atoms with van der Waals surface area (Å²) in [5.41, 5.74) is 0.0139. The van der Waals surface area contributed by atoms with Crippen LogP contribution in [0.2, 0.25) is 0 Å². The van der Waals surface area contributed by atoms with Crippen molar-refractivity contribution in [1.29, 1.82) is 0 Å². The zero-order valence-corrected chi connectivity index (χ0v) is 4.74. The number of carbonyl (C=O) groups is 1. The molecule has 0 bridgehead atoms. The normalized spacial score (nSPS) is 30.8. The molecule has 1 aliphatic carbocycles. The van der Waals surface area contributed by atoms with Gasteiger partial charge in [0.05, 0.1) is 0 Å². The van der Waals surface area contributed by atoms with Gasteiger partial charge in [-0.1, -0.05) is 12.8 Å². The minimum absolute atomic E-state index is 0.0139. The SMILES string of the molecule is O=C1NC12CCCC2. The van der Waals surface area contributed by atoms with Crippen LogP contribution in [0.15, 0.2) is 0 Å². The number of hydrogen-bond acceptors (Lipinski definition) is 1. The Hall–Kier alpha value is -0.530. The number of carbonyl (C=O) groups excluding carboxylic acids is 1. The summed E-state index contributed by atoms with van der Waals surface area (Å²) in [6.07, 6.45) is 4.65. The molecule has 1 N–H and O–H groups in total. The van der Waals surface area contributed by atoms with Gasteiger partial charge in [0, 0.05) is 0 Å². The maximum Gasteiger partial charge on any atom is 0.246 e. The molecule has 0 aromatic rings. The molecule has 2 fully saturated rings. The average molecular weight is 111 g/mol. The first-order valence-electron chi connectivity index (χ1n) is 3.16. The highest BCUT2D eigenvalue weighted by Gasteiger charge is 2.54. The summed E-state index contributed by atoms with van der Waals surface area (Å²) in [6.45, 7) is 0. The van der Waals surface area contributed by atoms with Crippen LogP contribution < -0.4 is 5.32 Å². The van der Waals surface area contributed by atoms with Gasteiger partial charge in [0.15, 0.2) is 0 Å². The lowest BCUT2D eigenvalue weighted by atomic mass is 10.1. The second-order valence-corrected chi connectivity index (χ2v) is 2.74. The van der Waals surface area contributed by atoms with Gasteiger partial charge in [0.25, 0.3) is 0 Å². The number of nitrogens with one attached hydrogen (secondary N) is 1. The summed E-state index contributed by atoms with van der Waals surface area (Å²) in [7, 11) is 0. The van der Waals surface area contributed by atoms with E-state index < -0.39 is 0 Å². The quantitative estimate of drug-likeness (QED) is 0.452. The van der Waals surface area contributed by atoms with Crippen molar-refractivity contribution in [2.75, 3.05) is 0 Å². The Morgan fingerprint density at radius 3 is 2.12 bits per heavy atom. The largest absolute Gasteiger partial charge is 0.340 e. The topological polar surface area (TPSA) is 39.0 Å². The van der Waals surface area contributed by atoms with Gasteiger partial charge in [-0.3, -0.25) is 4.79 Å². The van der Waals surface area contributed by atoms with Crippen LogP contribution in [0.25, 0.3) is 0 Å². The summed E-state index contributed by atoms with van der Waals surface area (Å²) >= 11 is 0. The molecule has 44 valence electrons. The van der Waals surface area contributed by atoms with Gasteiger partial charge in [-0.15, -0.1) is 0 Å². The number of rotatable bonds is 0. The van der Waals surface area contributed by atoms with Crippen molar-refractivity contribution in [1.82, 2.24) is 5.32 Å². The van der Waals surface area contributed by atoms with E-state index in [4.69, 9.17) is 0 Å². The lowest BCUT2D eigenvalue weighted by Crippen LogP contribution is -2.07. The Kier molecular flexibility index (Phi) is 0.581. The van der Waals surface area contributed by atoms with Gasteiger partial charge >= 0.3 is 0 Å². The zero-order valence-electron chi connectivity index (χ0n) is 4.74. The lowest BCUT2D eigenvalue weighted by Gasteiger charge is -1.92. The minimum Gasteiger partial charge on any atom is -0.340 e. The van der Waals surface area contributed by atoms with Crippen molar-refractivity contribution < 1.29 is 4.79 Å². The van der Waals surface area contributed by atoms with E-state index in [1.807, 2.05) is 0 Å². The summed E-state index contributed by atoms with van der Waals surface area (Å²) in [5.74, 6) is 0.287. The first kappa shape index (κ1) is 4.36. The molecule has 1 saturated carbocycles. The van der Waals surface area contributed by atoms with E-state index in [1.54, 1.807) is 0 Å². The molecule has 1 aliphatic heterocycles. The summed E-state index contributed by atoms with van der Waals surface area (Å²) in [4.78, 5) is 10.6. The third-order valence-electron chi connectivity index (χ3n) is 2.18. The van der Waals surface area contributed by atoms with Crippen LogP contribution in [-0.4, -0.2) is 11.4 Å². The van der Waals surface area contributed by atoms with Crippen LogP contribution >= 0.6 is 0 Å². The Bertz CT molecular complexity index is 135. The molecule has 1 saturated heterocycles. The average Bonchev–Trinajstić information content (AvgIpc) is 2.29. The van der Waals surface area contributed by atoms with E-state index in [0.29, 0.717) is 0 Å². The molecule has 1 amide bonds. The van der Waals surface area contributed by atoms with E-state index in [9.17, 15) is 4.79 Å². The standard InChI is InChI=1S/C6H9NO/c8-5-6(7-5)3-1-2-4-6/h1-4H2,(H,7,8). The lowest BCUT2D eigenvalue weighted by molar-refractivity contribution is -0.112. The van der Waals surface area contributed by atoms with Crippen molar-refractivity contribution in [3.63, 3.8) is 0 Å². The molecule has 2 aliphatic rings. The van der Waals surface area contributed by atoms with E-state index >= 15 is 0 Å². The molecule has 0 atom stereocenters. The predicted molar refractivity (Wildman–Crippen MR) is 29.3 cm³/mol. The van der Waals surface area contributed by atoms with E-state index in [0.717, 1.165) is 12.8 Å². The van der Waals surface area contributed by atoms with E-state index in [-0.39, 0.29) is 11.4 Å². The van der Waals surface area contributed by atoms with Crippen LogP contribution in [0.1, 0.15) is 25.7 Å². The van der Waals surface area contributed by atoms with Crippen molar-refractivity contribution in [2.24, 2.45) is 0 Å². The second kappa shape index (κ2) is 1.07. The first-order chi connectivity index (χ1) is 3.83. The molecular weight excluding hydrogens is 102 g/mol. The highest BCUT2D eigenvalue weighted by atomic mass is 16.2. The van der Waals surface area contributed by atoms with Gasteiger partial charge in [0.2, 0.25) is 5.91 Å². The van der Waals surface area contributed by atoms with Gasteiger partial charge in [-0.2, -0.15) is 0 Å². The van der Waals surface area contributed by atoms with Gasteiger partial charge in [-0.25, -0.2) is 0 Å². The number of amides is 1. The maximum absolute atomic E-state index is 10.6. The van der Waals surface area contributed by atoms with Crippen molar-refractivity contribution in [3.8, 4) is 0 Å². The molecule has 0 radical (unpaired) electrons. The Labute approximate surface area is 48.3 Å². The Morgan fingerprint density at radius 1 is 1.38 bits per heavy atom. The maximum atomic E-state index is 10.6. The van der Waals surface area contributed by atoms with Gasteiger partial charge in [-0.05, 0) is 12.8 Å². The molecule has 0 aromatic heterocycles. The van der Waals surface area contributed by atoms with Crippen molar-refractivity contribution in [2.45, 2.75) is 31.2 Å². The molecule has 1 heterocycles. The molecule has 0 unspecified atom stereocenters. The monoisotopic (exact) mass is 111 g/mol. The smallest absolute Gasteiger partial charge is 0.246 e. The fraction of sp³-hybridized carbons (Fsp3) is 0.833. The third kappa shape index (κ3) is 0.358. The molecule has 1 spiro atoms. The van der Waals surface area contributed by atoms with Crippen LogP contribution in [0.3, 0.4) is 0 Å². The van der Waals surface area contributed by atoms with Crippen molar-refractivity contribution >= 4 is 5.91 Å². The van der Waals surface area contributed by atoms with Gasteiger partial charge in [0.1, 0.15) is 5.54 Å². The summed E-state index contributed by atoms with van der Waals surface area (Å²) in [6, 6.07) is 0. The molecule has 0 aromatic carbocycles. The van der Waals surface area contributed by atoms with Crippen molar-refractivity contribution in [3.05, 3.63) is 0 Å². The highest BCUT2D eigenvalue weighted by molar-refractivity contribution is 6.02. The zero-order chi connectivity index (χ0) is 5.61. The number of hydrogen-bond donors (Lipinski definition) is 1. The molecule has 8 heavy (non-hydrogen) atoms. The summed E-state index contributed by atoms with van der Waals surface area (Å²) in [5, 5.41) is 2.87. The van der Waals surface area contributed by atoms with E-state index in [1.165, 1.54) is 12.8 Å². The van der Waals surface area contributed by atoms with Crippen LogP contribution in [0, 0.1) is 0 Å². The molecule has 2 heteroatoms. The molecular formula is C6H9NO. The minimum atomic E-state index is 0.0139. The third-order valence-corrected chi connectivity index (χ3v) is 2.18. The van der Waals surface area contributed by atoms with Crippen LogP contribution in [0.4, 0.5) is 0 Å². The fourth-order valence-corrected chi connectivity index (χ4v) is 1.52.